The molecule has 0 amide bonds. The van der Waals surface area contributed by atoms with E-state index in [1.54, 1.807) is 30.7 Å². The molecule has 0 bridgehead atoms. The summed E-state index contributed by atoms with van der Waals surface area (Å²) in [4.78, 5) is 21.4. The zero-order valence-electron chi connectivity index (χ0n) is 20.1. The van der Waals surface area contributed by atoms with Gasteiger partial charge < -0.3 is 0 Å². The highest BCUT2D eigenvalue weighted by molar-refractivity contribution is 5.90. The van der Waals surface area contributed by atoms with Crippen LogP contribution in [0.25, 0.3) is 60.6 Å². The highest BCUT2D eigenvalue weighted by Gasteiger charge is 2.09. The first-order valence-corrected chi connectivity index (χ1v) is 11.9. The summed E-state index contributed by atoms with van der Waals surface area (Å²) in [7, 11) is 0. The first kappa shape index (κ1) is 22.7. The molecule has 0 aliphatic rings. The Hall–Kier alpha value is -5.72. The summed E-state index contributed by atoms with van der Waals surface area (Å²) in [6, 6.07) is 31.8. The van der Waals surface area contributed by atoms with Crippen LogP contribution in [0, 0.1) is 17.9 Å². The Kier molecular flexibility index (Phi) is 5.82. The molecule has 6 aromatic rings. The van der Waals surface area contributed by atoms with Gasteiger partial charge in [0.25, 0.3) is 0 Å². The molecule has 4 aromatic heterocycles. The zero-order valence-corrected chi connectivity index (χ0v) is 20.1. The summed E-state index contributed by atoms with van der Waals surface area (Å²) in [5, 5.41) is 11.4. The van der Waals surface area contributed by atoms with Crippen molar-refractivity contribution in [2.45, 2.75) is 0 Å². The lowest BCUT2D eigenvalue weighted by Crippen LogP contribution is -1.90. The van der Waals surface area contributed by atoms with Gasteiger partial charge in [-0.15, -0.1) is 0 Å². The molecule has 0 radical (unpaired) electrons. The standard InChI is InChI=1S/C32H18N6/c1-34-28-17-26(19-35-20-28)32-7-3-5-30(38-32)24-11-9-21-14-23(10-8-22(21)15-24)29-4-2-6-31(37-29)25-12-13-36-27(16-25)18-33/h2-17,19-20H. The Morgan fingerprint density at radius 2 is 1.21 bits per heavy atom. The summed E-state index contributed by atoms with van der Waals surface area (Å²) >= 11 is 0. The maximum atomic E-state index is 9.17. The fourth-order valence-corrected chi connectivity index (χ4v) is 4.36. The molecule has 6 nitrogen and oxygen atoms in total. The number of hydrogen-bond acceptors (Lipinski definition) is 5. The minimum Gasteiger partial charge on any atom is -0.276 e. The van der Waals surface area contributed by atoms with Gasteiger partial charge in [0.2, 0.25) is 5.69 Å². The number of fused-ring (bicyclic) bond motifs is 1. The van der Waals surface area contributed by atoms with Gasteiger partial charge >= 0.3 is 0 Å². The van der Waals surface area contributed by atoms with Crippen LogP contribution in [0.3, 0.4) is 0 Å². The van der Waals surface area contributed by atoms with Gasteiger partial charge in [-0.25, -0.2) is 19.8 Å². The van der Waals surface area contributed by atoms with Crippen LogP contribution in [0.4, 0.5) is 5.69 Å². The van der Waals surface area contributed by atoms with Crippen molar-refractivity contribution in [1.29, 1.82) is 5.26 Å². The molecule has 2 aromatic carbocycles. The van der Waals surface area contributed by atoms with E-state index in [1.807, 2.05) is 42.5 Å². The number of aromatic nitrogens is 4. The maximum absolute atomic E-state index is 9.17. The Labute approximate surface area is 219 Å². The van der Waals surface area contributed by atoms with E-state index in [2.05, 4.69) is 57.3 Å². The van der Waals surface area contributed by atoms with Crippen molar-refractivity contribution < 1.29 is 0 Å². The van der Waals surface area contributed by atoms with E-state index >= 15 is 0 Å². The molecule has 0 aliphatic heterocycles. The molecule has 0 unspecified atom stereocenters. The first-order valence-electron chi connectivity index (χ1n) is 11.9. The van der Waals surface area contributed by atoms with Crippen LogP contribution >= 0.6 is 0 Å². The molecule has 0 saturated carbocycles. The molecule has 0 saturated heterocycles. The van der Waals surface area contributed by atoms with E-state index < -0.39 is 0 Å². The van der Waals surface area contributed by atoms with Crippen LogP contribution in [0.2, 0.25) is 0 Å². The van der Waals surface area contributed by atoms with Crippen molar-refractivity contribution in [3.8, 4) is 51.1 Å². The fraction of sp³-hybridized carbons (Fsp3) is 0. The summed E-state index contributed by atoms with van der Waals surface area (Å²) in [5.41, 5.74) is 7.82. The second-order valence-electron chi connectivity index (χ2n) is 8.68. The third kappa shape index (κ3) is 4.46. The minimum atomic E-state index is 0.366. The quantitative estimate of drug-likeness (QED) is 0.241. The number of pyridine rings is 4. The van der Waals surface area contributed by atoms with Gasteiger partial charge in [-0.3, -0.25) is 4.98 Å². The molecular weight excluding hydrogens is 468 g/mol. The lowest BCUT2D eigenvalue weighted by molar-refractivity contribution is 1.25. The van der Waals surface area contributed by atoms with Gasteiger partial charge in [-0.05, 0) is 65.4 Å². The van der Waals surface area contributed by atoms with E-state index in [0.29, 0.717) is 11.4 Å². The number of nitriles is 1. The molecule has 0 N–H and O–H groups in total. The van der Waals surface area contributed by atoms with Crippen molar-refractivity contribution in [1.82, 2.24) is 19.9 Å². The van der Waals surface area contributed by atoms with Crippen molar-refractivity contribution in [3.63, 3.8) is 0 Å². The predicted molar refractivity (Wildman–Crippen MR) is 148 cm³/mol. The molecule has 0 spiro atoms. The molecule has 0 fully saturated rings. The van der Waals surface area contributed by atoms with Crippen molar-refractivity contribution in [2.75, 3.05) is 0 Å². The van der Waals surface area contributed by atoms with E-state index in [1.165, 1.54) is 0 Å². The lowest BCUT2D eigenvalue weighted by Gasteiger charge is -2.09. The number of benzene rings is 2. The van der Waals surface area contributed by atoms with Crippen molar-refractivity contribution in [2.24, 2.45) is 0 Å². The Bertz CT molecular complexity index is 1770. The van der Waals surface area contributed by atoms with Gasteiger partial charge in [0, 0.05) is 40.8 Å². The first-order chi connectivity index (χ1) is 18.7. The van der Waals surface area contributed by atoms with Crippen LogP contribution in [-0.4, -0.2) is 19.9 Å². The average Bonchev–Trinajstić information content (AvgIpc) is 3.00. The maximum Gasteiger partial charge on any atom is 0.205 e. The number of nitrogens with zero attached hydrogens (tertiary/aromatic N) is 6. The van der Waals surface area contributed by atoms with Gasteiger partial charge in [0.15, 0.2) is 0 Å². The monoisotopic (exact) mass is 486 g/mol. The molecule has 0 aliphatic carbocycles. The van der Waals surface area contributed by atoms with Crippen LogP contribution in [0.15, 0.2) is 110 Å². The van der Waals surface area contributed by atoms with E-state index in [-0.39, 0.29) is 0 Å². The fourth-order valence-electron chi connectivity index (χ4n) is 4.36. The molecule has 176 valence electrons. The molecule has 4 heterocycles. The Balaban J connectivity index is 1.33. The highest BCUT2D eigenvalue weighted by atomic mass is 14.8. The summed E-state index contributed by atoms with van der Waals surface area (Å²) < 4.78 is 0. The van der Waals surface area contributed by atoms with Crippen LogP contribution in [-0.2, 0) is 0 Å². The normalized spacial score (nSPS) is 10.6. The Morgan fingerprint density at radius 1 is 0.632 bits per heavy atom. The molecule has 0 atom stereocenters. The molecule has 6 rings (SSSR count). The third-order valence-corrected chi connectivity index (χ3v) is 6.25. The van der Waals surface area contributed by atoms with Gasteiger partial charge in [-0.1, -0.05) is 36.4 Å². The molecule has 38 heavy (non-hydrogen) atoms. The van der Waals surface area contributed by atoms with E-state index in [9.17, 15) is 5.26 Å². The summed E-state index contributed by atoms with van der Waals surface area (Å²) in [6.07, 6.45) is 4.90. The average molecular weight is 487 g/mol. The van der Waals surface area contributed by atoms with Gasteiger partial charge in [-0.2, -0.15) is 5.26 Å². The molecule has 6 heteroatoms. The second-order valence-corrected chi connectivity index (χ2v) is 8.68. The van der Waals surface area contributed by atoms with Crippen LogP contribution in [0.5, 0.6) is 0 Å². The van der Waals surface area contributed by atoms with Gasteiger partial charge in [0.1, 0.15) is 11.8 Å². The number of rotatable bonds is 4. The topological polar surface area (TPSA) is 79.7 Å². The molecular formula is C32H18N6. The highest BCUT2D eigenvalue weighted by Crippen LogP contribution is 2.30. The van der Waals surface area contributed by atoms with Crippen LogP contribution < -0.4 is 0 Å². The minimum absolute atomic E-state index is 0.366. The second kappa shape index (κ2) is 9.73. The van der Waals surface area contributed by atoms with Gasteiger partial charge in [0.05, 0.1) is 29.3 Å². The van der Waals surface area contributed by atoms with Crippen LogP contribution in [0.1, 0.15) is 5.69 Å². The smallest absolute Gasteiger partial charge is 0.205 e. The largest absolute Gasteiger partial charge is 0.276 e. The third-order valence-electron chi connectivity index (χ3n) is 6.25. The van der Waals surface area contributed by atoms with E-state index in [0.717, 1.165) is 55.8 Å². The lowest BCUT2D eigenvalue weighted by atomic mass is 10.0. The summed E-state index contributed by atoms with van der Waals surface area (Å²) in [6.45, 7) is 7.24. The van der Waals surface area contributed by atoms with Crippen molar-refractivity contribution >= 4 is 16.5 Å². The predicted octanol–water partition coefficient (Wildman–Crippen LogP) is 7.51. The Morgan fingerprint density at radius 3 is 1.79 bits per heavy atom. The summed E-state index contributed by atoms with van der Waals surface area (Å²) in [5.74, 6) is 0. The number of hydrogen-bond donors (Lipinski definition) is 0. The zero-order chi connectivity index (χ0) is 25.9. The SMILES string of the molecule is [C-]#[N+]c1cncc(-c2cccc(-c3ccc4cc(-c5cccc(-c6ccnc(C#N)c6)n5)ccc4c3)n2)c1. The van der Waals surface area contributed by atoms with Crippen molar-refractivity contribution in [3.05, 3.63) is 127 Å². The van der Waals surface area contributed by atoms with E-state index in [4.69, 9.17) is 16.5 Å².